The van der Waals surface area contributed by atoms with Gasteiger partial charge < -0.3 is 9.47 Å². The predicted molar refractivity (Wildman–Crippen MR) is 77.7 cm³/mol. The molecule has 24 heavy (non-hydrogen) atoms. The van der Waals surface area contributed by atoms with Crippen molar-refractivity contribution in [1.82, 2.24) is 0 Å². The maximum atomic E-state index is 14.8. The van der Waals surface area contributed by atoms with Crippen molar-refractivity contribution in [2.24, 2.45) is 0 Å². The highest BCUT2D eigenvalue weighted by atomic mass is 19.3. The lowest BCUT2D eigenvalue weighted by Crippen LogP contribution is -2.69. The Morgan fingerprint density at radius 1 is 0.708 bits per heavy atom. The number of unbranched alkanes of at least 4 members (excludes halogenated alkanes) is 4. The van der Waals surface area contributed by atoms with Gasteiger partial charge in [0.2, 0.25) is 0 Å². The molecule has 142 valence electrons. The number of hydrogen-bond donors (Lipinski definition) is 0. The van der Waals surface area contributed by atoms with Gasteiger partial charge in [-0.3, -0.25) is 0 Å². The Balaban J connectivity index is 3.03. The lowest BCUT2D eigenvalue weighted by molar-refractivity contribution is -0.415. The summed E-state index contributed by atoms with van der Waals surface area (Å²) in [6.45, 7) is 2.64. The van der Waals surface area contributed by atoms with Crippen LogP contribution in [0.2, 0.25) is 0 Å². The molecule has 2 unspecified atom stereocenters. The van der Waals surface area contributed by atoms with Crippen molar-refractivity contribution < 1.29 is 35.8 Å². The third kappa shape index (κ3) is 3.90. The SMILES string of the molecule is CCCCCOC1(F)C=CC(F)(F)C(F)(F)C1(F)OCCCCC. The van der Waals surface area contributed by atoms with Crippen LogP contribution in [-0.4, -0.2) is 36.8 Å². The Labute approximate surface area is 138 Å². The van der Waals surface area contributed by atoms with Crippen molar-refractivity contribution in [3.05, 3.63) is 12.2 Å². The van der Waals surface area contributed by atoms with E-state index in [0.717, 1.165) is 6.42 Å². The number of ether oxygens (including phenoxy) is 2. The number of alkyl halides is 6. The van der Waals surface area contributed by atoms with Crippen molar-refractivity contribution in [1.29, 1.82) is 0 Å². The molecule has 1 rings (SSSR count). The third-order valence-electron chi connectivity index (χ3n) is 3.88. The van der Waals surface area contributed by atoms with Gasteiger partial charge in [-0.2, -0.15) is 22.0 Å². The molecule has 0 radical (unpaired) electrons. The number of rotatable bonds is 10. The lowest BCUT2D eigenvalue weighted by Gasteiger charge is -2.45. The molecule has 0 fully saturated rings. The first-order chi connectivity index (χ1) is 11.1. The maximum Gasteiger partial charge on any atom is 0.377 e. The monoisotopic (exact) mass is 362 g/mol. The quantitative estimate of drug-likeness (QED) is 0.287. The second-order valence-corrected chi connectivity index (χ2v) is 5.88. The van der Waals surface area contributed by atoms with Crippen LogP contribution in [-0.2, 0) is 9.47 Å². The molecule has 0 amide bonds. The van der Waals surface area contributed by atoms with Crippen molar-refractivity contribution in [2.75, 3.05) is 13.2 Å². The van der Waals surface area contributed by atoms with Gasteiger partial charge in [0.25, 0.3) is 5.85 Å². The Bertz CT molecular complexity index is 429. The molecule has 0 aliphatic heterocycles. The molecule has 1 aliphatic carbocycles. The topological polar surface area (TPSA) is 18.5 Å². The average Bonchev–Trinajstić information content (AvgIpc) is 2.52. The van der Waals surface area contributed by atoms with Crippen LogP contribution in [0, 0.1) is 0 Å². The molecule has 0 bridgehead atoms. The molecule has 0 saturated carbocycles. The Morgan fingerprint density at radius 3 is 1.71 bits per heavy atom. The lowest BCUT2D eigenvalue weighted by atomic mass is 9.89. The molecule has 0 aromatic rings. The zero-order chi connectivity index (χ0) is 18.5. The summed E-state index contributed by atoms with van der Waals surface area (Å²) in [5, 5.41) is 0. The van der Waals surface area contributed by atoms with E-state index in [-0.39, 0.29) is 31.6 Å². The smallest absolute Gasteiger partial charge is 0.338 e. The molecule has 8 heteroatoms. The van der Waals surface area contributed by atoms with Gasteiger partial charge in [-0.1, -0.05) is 39.5 Å². The highest BCUT2D eigenvalue weighted by Gasteiger charge is 2.81. The van der Waals surface area contributed by atoms with Gasteiger partial charge in [0.1, 0.15) is 0 Å². The summed E-state index contributed by atoms with van der Waals surface area (Å²) in [6.07, 6.45) is 2.57. The first-order valence-corrected chi connectivity index (χ1v) is 8.19. The minimum atomic E-state index is -5.40. The van der Waals surface area contributed by atoms with E-state index >= 15 is 0 Å². The summed E-state index contributed by atoms with van der Waals surface area (Å²) in [7, 11) is 0. The average molecular weight is 362 g/mol. The van der Waals surface area contributed by atoms with Crippen LogP contribution in [0.4, 0.5) is 26.3 Å². The highest BCUT2D eigenvalue weighted by molar-refractivity contribution is 5.24. The van der Waals surface area contributed by atoms with E-state index < -0.39 is 30.2 Å². The Hall–Kier alpha value is -0.760. The number of allylic oxidation sites excluding steroid dienone is 1. The number of halogens is 6. The van der Waals surface area contributed by atoms with Gasteiger partial charge in [0.05, 0.1) is 13.2 Å². The second-order valence-electron chi connectivity index (χ2n) is 5.88. The first-order valence-electron chi connectivity index (χ1n) is 8.19. The summed E-state index contributed by atoms with van der Waals surface area (Å²) in [5.41, 5.74) is 0. The second kappa shape index (κ2) is 8.08. The van der Waals surface area contributed by atoms with E-state index in [0.29, 0.717) is 19.3 Å². The molecule has 0 spiro atoms. The fraction of sp³-hybridized carbons (Fsp3) is 0.875. The largest absolute Gasteiger partial charge is 0.377 e. The van der Waals surface area contributed by atoms with E-state index in [1.54, 1.807) is 6.92 Å². The van der Waals surface area contributed by atoms with E-state index in [1.165, 1.54) is 0 Å². The fourth-order valence-corrected chi connectivity index (χ4v) is 2.32. The van der Waals surface area contributed by atoms with Crippen LogP contribution in [0.3, 0.4) is 0 Å². The molecule has 0 aromatic carbocycles. The van der Waals surface area contributed by atoms with E-state index in [1.807, 2.05) is 6.92 Å². The van der Waals surface area contributed by atoms with E-state index in [2.05, 4.69) is 9.47 Å². The van der Waals surface area contributed by atoms with E-state index in [4.69, 9.17) is 0 Å². The van der Waals surface area contributed by atoms with Crippen molar-refractivity contribution in [3.63, 3.8) is 0 Å². The van der Waals surface area contributed by atoms with Crippen LogP contribution in [0.1, 0.15) is 52.4 Å². The van der Waals surface area contributed by atoms with Gasteiger partial charge in [-0.25, -0.2) is 4.39 Å². The zero-order valence-electron chi connectivity index (χ0n) is 13.9. The van der Waals surface area contributed by atoms with Crippen molar-refractivity contribution in [3.8, 4) is 0 Å². The third-order valence-corrected chi connectivity index (χ3v) is 3.88. The summed E-state index contributed by atoms with van der Waals surface area (Å²) in [5.74, 6) is -18.7. The van der Waals surface area contributed by atoms with Crippen LogP contribution in [0.5, 0.6) is 0 Å². The molecular weight excluding hydrogens is 338 g/mol. The van der Waals surface area contributed by atoms with Gasteiger partial charge in [-0.15, -0.1) is 0 Å². The van der Waals surface area contributed by atoms with Gasteiger partial charge in [-0.05, 0) is 25.0 Å². The molecule has 1 aliphatic rings. The normalized spacial score (nSPS) is 31.3. The Morgan fingerprint density at radius 2 is 1.21 bits per heavy atom. The molecule has 0 heterocycles. The number of hydrogen-bond acceptors (Lipinski definition) is 2. The van der Waals surface area contributed by atoms with Crippen LogP contribution in [0.15, 0.2) is 12.2 Å². The molecular formula is C16H24F6O2. The zero-order valence-corrected chi connectivity index (χ0v) is 13.9. The molecule has 2 atom stereocenters. The minimum Gasteiger partial charge on any atom is -0.338 e. The summed E-state index contributed by atoms with van der Waals surface area (Å²) >= 11 is 0. The van der Waals surface area contributed by atoms with Crippen LogP contribution < -0.4 is 0 Å². The summed E-state index contributed by atoms with van der Waals surface area (Å²) in [4.78, 5) is 0. The van der Waals surface area contributed by atoms with Crippen LogP contribution >= 0.6 is 0 Å². The molecule has 0 saturated heterocycles. The first kappa shape index (κ1) is 21.3. The molecule has 0 aromatic heterocycles. The van der Waals surface area contributed by atoms with Crippen LogP contribution in [0.25, 0.3) is 0 Å². The van der Waals surface area contributed by atoms with E-state index in [9.17, 15) is 26.3 Å². The predicted octanol–water partition coefficient (Wildman–Crippen LogP) is 5.57. The van der Waals surface area contributed by atoms with Crippen molar-refractivity contribution >= 4 is 0 Å². The van der Waals surface area contributed by atoms with Gasteiger partial charge >= 0.3 is 17.7 Å². The van der Waals surface area contributed by atoms with Gasteiger partial charge in [0, 0.05) is 0 Å². The van der Waals surface area contributed by atoms with Crippen molar-refractivity contribution in [2.45, 2.75) is 75.9 Å². The molecule has 0 N–H and O–H groups in total. The minimum absolute atomic E-state index is 0.00379. The fourth-order valence-electron chi connectivity index (χ4n) is 2.32. The van der Waals surface area contributed by atoms with Gasteiger partial charge in [0.15, 0.2) is 0 Å². The highest BCUT2D eigenvalue weighted by Crippen LogP contribution is 2.56. The summed E-state index contributed by atoms with van der Waals surface area (Å²) < 4.78 is 93.5. The molecule has 2 nitrogen and oxygen atoms in total. The maximum absolute atomic E-state index is 14.8. The summed E-state index contributed by atoms with van der Waals surface area (Å²) in [6, 6.07) is 0. The Kier molecular flexibility index (Phi) is 7.16. The standard InChI is InChI=1S/C16H24F6O2/c1-3-5-7-11-23-14(19)10-9-13(17,18)15(20,21)16(14,22)24-12-8-6-4-2/h9-10H,3-8,11-12H2,1-2H3.